The first kappa shape index (κ1) is 18.0. The summed E-state index contributed by atoms with van der Waals surface area (Å²) in [5.41, 5.74) is -0.721. The molecule has 0 radical (unpaired) electrons. The molecule has 0 saturated heterocycles. The van der Waals surface area contributed by atoms with E-state index in [0.717, 1.165) is 12.3 Å². The first-order chi connectivity index (χ1) is 12.2. The number of phenols is 1. The van der Waals surface area contributed by atoms with Crippen molar-refractivity contribution in [1.29, 1.82) is 0 Å². The largest absolute Gasteiger partial charge is 0.502 e. The number of nitrogens with one attached hydrogen (secondary N) is 1. The Bertz CT molecular complexity index is 949. The maximum Gasteiger partial charge on any atom is 0.433 e. The van der Waals surface area contributed by atoms with Crippen LogP contribution in [-0.2, 0) is 0 Å². The Kier molecular flexibility index (Phi) is 4.87. The minimum Gasteiger partial charge on any atom is -0.502 e. The molecule has 26 heavy (non-hydrogen) atoms. The molecule has 2 aromatic rings. The third kappa shape index (κ3) is 3.75. The molecule has 14 nitrogen and oxygen atoms in total. The first-order valence-corrected chi connectivity index (χ1v) is 6.44. The van der Waals surface area contributed by atoms with Crippen LogP contribution in [0.5, 0.6) is 5.75 Å². The van der Waals surface area contributed by atoms with Gasteiger partial charge < -0.3 is 9.52 Å². The molecule has 1 aromatic heterocycles. The van der Waals surface area contributed by atoms with E-state index in [-0.39, 0.29) is 5.76 Å². The average Bonchev–Trinajstić information content (AvgIpc) is 3.03. The second kappa shape index (κ2) is 7.04. The molecule has 0 aliphatic rings. The Morgan fingerprint density at radius 2 is 1.81 bits per heavy atom. The highest BCUT2D eigenvalue weighted by molar-refractivity contribution is 5.99. The van der Waals surface area contributed by atoms with Gasteiger partial charge in [0.1, 0.15) is 4.92 Å². The van der Waals surface area contributed by atoms with E-state index in [1.165, 1.54) is 6.07 Å². The molecule has 134 valence electrons. The lowest BCUT2D eigenvalue weighted by Crippen LogP contribution is -2.18. The van der Waals surface area contributed by atoms with Crippen LogP contribution in [0.2, 0.25) is 0 Å². The molecule has 1 amide bonds. The first-order valence-electron chi connectivity index (χ1n) is 6.44. The fourth-order valence-corrected chi connectivity index (χ4v) is 1.75. The summed E-state index contributed by atoms with van der Waals surface area (Å²) in [5.74, 6) is -2.93. The predicted molar refractivity (Wildman–Crippen MR) is 81.8 cm³/mol. The standard InChI is InChI=1S/C12H7N5O9/c18-11-8(3-6(15(20)21)4-9(11)16(22)23)12(19)14-13-5-7-1-2-10(26-7)17(24)25/h1-5,18H,(H,14,19). The molecule has 14 heteroatoms. The van der Waals surface area contributed by atoms with Gasteiger partial charge in [0.2, 0.25) is 5.75 Å². The van der Waals surface area contributed by atoms with Crippen LogP contribution in [0.15, 0.2) is 33.8 Å². The third-order valence-electron chi connectivity index (χ3n) is 2.88. The summed E-state index contributed by atoms with van der Waals surface area (Å²) in [5, 5.41) is 45.2. The van der Waals surface area contributed by atoms with Gasteiger partial charge in [0.25, 0.3) is 11.6 Å². The van der Waals surface area contributed by atoms with E-state index in [2.05, 4.69) is 5.10 Å². The Labute approximate surface area is 141 Å². The highest BCUT2D eigenvalue weighted by Gasteiger charge is 2.27. The van der Waals surface area contributed by atoms with Gasteiger partial charge in [0.05, 0.1) is 33.8 Å². The van der Waals surface area contributed by atoms with Crippen LogP contribution < -0.4 is 5.43 Å². The highest BCUT2D eigenvalue weighted by atomic mass is 16.7. The van der Waals surface area contributed by atoms with Crippen molar-refractivity contribution in [3.8, 4) is 5.75 Å². The molecule has 0 fully saturated rings. The Morgan fingerprint density at radius 3 is 2.35 bits per heavy atom. The summed E-state index contributed by atoms with van der Waals surface area (Å²) in [6.45, 7) is 0. The number of nitrogens with zero attached hydrogens (tertiary/aromatic N) is 4. The van der Waals surface area contributed by atoms with E-state index in [0.29, 0.717) is 12.1 Å². The minimum absolute atomic E-state index is 0.0914. The van der Waals surface area contributed by atoms with Gasteiger partial charge in [-0.1, -0.05) is 0 Å². The fourth-order valence-electron chi connectivity index (χ4n) is 1.75. The van der Waals surface area contributed by atoms with Crippen molar-refractivity contribution < 1.29 is 29.1 Å². The maximum absolute atomic E-state index is 11.9. The summed E-state index contributed by atoms with van der Waals surface area (Å²) in [6, 6.07) is 3.35. The topological polar surface area (TPSA) is 204 Å². The molecule has 0 aliphatic carbocycles. The number of furan rings is 1. The minimum atomic E-state index is -1.19. The van der Waals surface area contributed by atoms with Gasteiger partial charge in [-0.3, -0.25) is 35.1 Å². The Morgan fingerprint density at radius 1 is 1.12 bits per heavy atom. The Hall–Kier alpha value is -4.36. The second-order valence-corrected chi connectivity index (χ2v) is 4.51. The summed E-state index contributed by atoms with van der Waals surface area (Å²) in [4.78, 5) is 41.1. The zero-order valence-corrected chi connectivity index (χ0v) is 12.4. The van der Waals surface area contributed by atoms with Gasteiger partial charge in [-0.05, 0) is 6.07 Å². The molecular weight excluding hydrogens is 358 g/mol. The van der Waals surface area contributed by atoms with Crippen molar-refractivity contribution in [2.45, 2.75) is 0 Å². The van der Waals surface area contributed by atoms with Crippen LogP contribution in [0.25, 0.3) is 0 Å². The molecule has 0 saturated carbocycles. The molecule has 0 aliphatic heterocycles. The number of hydrogen-bond acceptors (Lipinski definition) is 10. The third-order valence-corrected chi connectivity index (χ3v) is 2.88. The highest BCUT2D eigenvalue weighted by Crippen LogP contribution is 2.34. The van der Waals surface area contributed by atoms with Gasteiger partial charge in [0.15, 0.2) is 5.76 Å². The zero-order valence-electron chi connectivity index (χ0n) is 12.4. The number of aromatic hydroxyl groups is 1. The SMILES string of the molecule is O=C(NN=Cc1ccc([N+](=O)[O-])o1)c1cc([N+](=O)[O-])cc([N+](=O)[O-])c1O. The number of carbonyl (C=O) groups excluding carboxylic acids is 1. The van der Waals surface area contributed by atoms with Crippen molar-refractivity contribution in [2.75, 3.05) is 0 Å². The van der Waals surface area contributed by atoms with E-state index in [4.69, 9.17) is 4.42 Å². The summed E-state index contributed by atoms with van der Waals surface area (Å²) >= 11 is 0. The molecule has 2 N–H and O–H groups in total. The number of benzene rings is 1. The quantitative estimate of drug-likeness (QED) is 0.431. The van der Waals surface area contributed by atoms with Gasteiger partial charge in [-0.15, -0.1) is 0 Å². The summed E-state index contributed by atoms with van der Waals surface area (Å²) in [6.07, 6.45) is 0.883. The fraction of sp³-hybridized carbons (Fsp3) is 0. The zero-order chi connectivity index (χ0) is 19.4. The van der Waals surface area contributed by atoms with Crippen molar-refractivity contribution >= 4 is 29.4 Å². The van der Waals surface area contributed by atoms with Crippen LogP contribution in [0.1, 0.15) is 16.1 Å². The Balaban J connectivity index is 2.25. The average molecular weight is 365 g/mol. The lowest BCUT2D eigenvalue weighted by molar-refractivity contribution is -0.402. The number of non-ortho nitro benzene ring substituents is 1. The molecule has 1 heterocycles. The molecule has 0 unspecified atom stereocenters. The lowest BCUT2D eigenvalue weighted by atomic mass is 10.1. The van der Waals surface area contributed by atoms with E-state index in [1.54, 1.807) is 0 Å². The molecular formula is C12H7N5O9. The second-order valence-electron chi connectivity index (χ2n) is 4.51. The van der Waals surface area contributed by atoms with Crippen LogP contribution in [-0.4, -0.2) is 32.0 Å². The van der Waals surface area contributed by atoms with Crippen LogP contribution in [0.3, 0.4) is 0 Å². The number of nitro groups is 3. The van der Waals surface area contributed by atoms with Gasteiger partial charge in [-0.2, -0.15) is 5.10 Å². The molecule has 2 rings (SSSR count). The van der Waals surface area contributed by atoms with Crippen molar-refractivity contribution in [1.82, 2.24) is 5.43 Å². The molecule has 1 aromatic carbocycles. The van der Waals surface area contributed by atoms with E-state index in [1.807, 2.05) is 5.43 Å². The monoisotopic (exact) mass is 365 g/mol. The van der Waals surface area contributed by atoms with Crippen LogP contribution in [0, 0.1) is 30.3 Å². The van der Waals surface area contributed by atoms with Gasteiger partial charge >= 0.3 is 11.6 Å². The van der Waals surface area contributed by atoms with Crippen molar-refractivity contribution in [2.24, 2.45) is 5.10 Å². The summed E-state index contributed by atoms with van der Waals surface area (Å²) in [7, 11) is 0. The van der Waals surface area contributed by atoms with Crippen molar-refractivity contribution in [3.05, 3.63) is 65.9 Å². The number of phenolic OH excluding ortho intramolecular Hbond substituents is 1. The number of hydrazone groups is 1. The van der Waals surface area contributed by atoms with Crippen LogP contribution >= 0.6 is 0 Å². The van der Waals surface area contributed by atoms with Crippen molar-refractivity contribution in [3.63, 3.8) is 0 Å². The van der Waals surface area contributed by atoms with Gasteiger partial charge in [0, 0.05) is 6.07 Å². The summed E-state index contributed by atoms with van der Waals surface area (Å²) < 4.78 is 4.73. The van der Waals surface area contributed by atoms with E-state index in [9.17, 15) is 40.2 Å². The predicted octanol–water partition coefficient (Wildman–Crippen LogP) is 1.47. The number of carbonyl (C=O) groups is 1. The molecule has 0 bridgehead atoms. The maximum atomic E-state index is 11.9. The molecule has 0 spiro atoms. The molecule has 0 atom stereocenters. The van der Waals surface area contributed by atoms with E-state index < -0.39 is 49.2 Å². The normalized spacial score (nSPS) is 10.6. The number of amides is 1. The van der Waals surface area contributed by atoms with Gasteiger partial charge in [-0.25, -0.2) is 5.43 Å². The number of hydrogen-bond donors (Lipinski definition) is 2. The van der Waals surface area contributed by atoms with E-state index >= 15 is 0 Å². The smallest absolute Gasteiger partial charge is 0.433 e. The van der Waals surface area contributed by atoms with Crippen LogP contribution in [0.4, 0.5) is 17.3 Å². The number of nitro benzene ring substituents is 2. The lowest BCUT2D eigenvalue weighted by Gasteiger charge is -2.03. The number of rotatable bonds is 6.